The highest BCUT2D eigenvalue weighted by atomic mass is 79.9. The molecule has 0 amide bonds. The highest BCUT2D eigenvalue weighted by Gasteiger charge is 2.43. The van der Waals surface area contributed by atoms with Gasteiger partial charge in [0.2, 0.25) is 11.7 Å². The van der Waals surface area contributed by atoms with E-state index in [2.05, 4.69) is 65.9 Å². The Morgan fingerprint density at radius 2 is 1.96 bits per heavy atom. The van der Waals surface area contributed by atoms with Crippen molar-refractivity contribution >= 4 is 15.9 Å². The van der Waals surface area contributed by atoms with Crippen LogP contribution in [0.25, 0.3) is 17.1 Å². The molecule has 5 rings (SSSR count). The van der Waals surface area contributed by atoms with Gasteiger partial charge in [-0.3, -0.25) is 0 Å². The van der Waals surface area contributed by atoms with Crippen molar-refractivity contribution in [3.63, 3.8) is 0 Å². The van der Waals surface area contributed by atoms with Crippen LogP contribution in [-0.4, -0.2) is 30.3 Å². The van der Waals surface area contributed by atoms with E-state index in [9.17, 15) is 0 Å². The Kier molecular flexibility index (Phi) is 3.63. The average Bonchev–Trinajstić information content (AvgIpc) is 3.10. The molecular weight excluding hydrogens is 396 g/mol. The molecule has 1 saturated carbocycles. The molecule has 4 aromatic rings. The Bertz CT molecular complexity index is 1040. The zero-order chi connectivity index (χ0) is 17.5. The number of halogens is 1. The summed E-state index contributed by atoms with van der Waals surface area (Å²) in [6.07, 6.45) is 2.59. The summed E-state index contributed by atoms with van der Waals surface area (Å²) in [6, 6.07) is 16.1. The molecule has 0 N–H and O–H groups in total. The third-order valence-corrected chi connectivity index (χ3v) is 5.09. The molecule has 0 unspecified atom stereocenters. The number of rotatable bonds is 4. The van der Waals surface area contributed by atoms with Crippen LogP contribution in [0.2, 0.25) is 0 Å². The van der Waals surface area contributed by atoms with Crippen molar-refractivity contribution in [3.05, 3.63) is 70.8 Å². The van der Waals surface area contributed by atoms with Crippen LogP contribution in [0.5, 0.6) is 0 Å². The minimum Gasteiger partial charge on any atom is -0.339 e. The summed E-state index contributed by atoms with van der Waals surface area (Å²) in [5.41, 5.74) is 3.02. The van der Waals surface area contributed by atoms with Gasteiger partial charge >= 0.3 is 0 Å². The highest BCUT2D eigenvalue weighted by Crippen LogP contribution is 2.54. The molecule has 0 bridgehead atoms. The van der Waals surface area contributed by atoms with Crippen molar-refractivity contribution in [3.8, 4) is 17.1 Å². The summed E-state index contributed by atoms with van der Waals surface area (Å²) < 4.78 is 8.21. The van der Waals surface area contributed by atoms with E-state index in [0.29, 0.717) is 23.6 Å². The van der Waals surface area contributed by atoms with Gasteiger partial charge in [-0.15, -0.1) is 5.10 Å². The lowest BCUT2D eigenvalue weighted by Crippen LogP contribution is -1.95. The maximum atomic E-state index is 5.53. The first-order valence-corrected chi connectivity index (χ1v) is 9.00. The van der Waals surface area contributed by atoms with E-state index < -0.39 is 0 Å². The van der Waals surface area contributed by atoms with Crippen LogP contribution in [0.15, 0.2) is 63.9 Å². The van der Waals surface area contributed by atoms with E-state index in [0.717, 1.165) is 22.1 Å². The zero-order valence-corrected chi connectivity index (χ0v) is 15.1. The van der Waals surface area contributed by atoms with Gasteiger partial charge in [0.1, 0.15) is 6.33 Å². The summed E-state index contributed by atoms with van der Waals surface area (Å²) in [7, 11) is 0. The minimum atomic E-state index is 0.292. The lowest BCUT2D eigenvalue weighted by Gasteiger charge is -2.00. The van der Waals surface area contributed by atoms with Crippen molar-refractivity contribution < 1.29 is 4.52 Å². The summed E-state index contributed by atoms with van der Waals surface area (Å²) in [5, 5.41) is 15.4. The molecule has 0 radical (unpaired) electrons. The van der Waals surface area contributed by atoms with Gasteiger partial charge in [0.05, 0.1) is 5.69 Å². The Morgan fingerprint density at radius 1 is 1.08 bits per heavy atom. The van der Waals surface area contributed by atoms with E-state index in [-0.39, 0.29) is 0 Å². The fourth-order valence-corrected chi connectivity index (χ4v) is 3.38. The van der Waals surface area contributed by atoms with Crippen molar-refractivity contribution in [1.82, 2.24) is 30.3 Å². The second-order valence-corrected chi connectivity index (χ2v) is 7.18. The van der Waals surface area contributed by atoms with E-state index in [1.54, 1.807) is 11.0 Å². The van der Waals surface area contributed by atoms with Gasteiger partial charge in [-0.2, -0.15) is 4.98 Å². The second kappa shape index (κ2) is 6.14. The van der Waals surface area contributed by atoms with Crippen LogP contribution < -0.4 is 0 Å². The zero-order valence-electron chi connectivity index (χ0n) is 13.5. The van der Waals surface area contributed by atoms with Gasteiger partial charge in [-0.1, -0.05) is 45.4 Å². The molecule has 2 aromatic carbocycles. The van der Waals surface area contributed by atoms with Crippen LogP contribution in [0.3, 0.4) is 0 Å². The number of tetrazole rings is 1. The fraction of sp³-hybridized carbons (Fsp3) is 0.167. The van der Waals surface area contributed by atoms with Gasteiger partial charge in [-0.25, -0.2) is 4.68 Å². The van der Waals surface area contributed by atoms with Crippen LogP contribution in [-0.2, 0) is 0 Å². The van der Waals surface area contributed by atoms with E-state index in [1.807, 2.05) is 24.3 Å². The normalized spacial score (nSPS) is 18.8. The molecule has 2 atom stereocenters. The monoisotopic (exact) mass is 408 g/mol. The molecule has 26 heavy (non-hydrogen) atoms. The van der Waals surface area contributed by atoms with Crippen molar-refractivity contribution in [2.45, 2.75) is 18.3 Å². The molecule has 0 spiro atoms. The third kappa shape index (κ3) is 2.82. The number of hydrogen-bond acceptors (Lipinski definition) is 6. The Hall–Kier alpha value is -2.87. The number of nitrogens with zero attached hydrogens (tertiary/aromatic N) is 6. The lowest BCUT2D eigenvalue weighted by molar-refractivity contribution is 0.378. The number of aromatic nitrogens is 6. The fourth-order valence-electron chi connectivity index (χ4n) is 3.12. The third-order valence-electron chi connectivity index (χ3n) is 4.57. The van der Waals surface area contributed by atoms with Crippen LogP contribution in [0.4, 0.5) is 0 Å². The highest BCUT2D eigenvalue weighted by molar-refractivity contribution is 9.10. The van der Waals surface area contributed by atoms with Crippen LogP contribution >= 0.6 is 15.9 Å². The molecule has 128 valence electrons. The van der Waals surface area contributed by atoms with Crippen molar-refractivity contribution in [2.75, 3.05) is 0 Å². The van der Waals surface area contributed by atoms with Crippen LogP contribution in [0.1, 0.15) is 29.7 Å². The van der Waals surface area contributed by atoms with Gasteiger partial charge < -0.3 is 4.52 Å². The predicted octanol–water partition coefficient (Wildman–Crippen LogP) is 3.75. The van der Waals surface area contributed by atoms with E-state index in [1.165, 1.54) is 5.56 Å². The van der Waals surface area contributed by atoms with Gasteiger partial charge in [0.15, 0.2) is 0 Å². The molecule has 8 heteroatoms. The summed E-state index contributed by atoms with van der Waals surface area (Å²) >= 11 is 3.47. The predicted molar refractivity (Wildman–Crippen MR) is 96.7 cm³/mol. The largest absolute Gasteiger partial charge is 0.339 e. The second-order valence-electron chi connectivity index (χ2n) is 6.26. The summed E-state index contributed by atoms with van der Waals surface area (Å²) in [6.45, 7) is 0. The van der Waals surface area contributed by atoms with Gasteiger partial charge in [0, 0.05) is 16.0 Å². The minimum absolute atomic E-state index is 0.292. The maximum Gasteiger partial charge on any atom is 0.230 e. The molecule has 2 heterocycles. The van der Waals surface area contributed by atoms with Crippen molar-refractivity contribution in [1.29, 1.82) is 0 Å². The molecular formula is C18H13BrN6O. The summed E-state index contributed by atoms with van der Waals surface area (Å²) in [5.74, 6) is 2.02. The Morgan fingerprint density at radius 3 is 2.77 bits per heavy atom. The molecule has 0 aliphatic heterocycles. The first-order valence-electron chi connectivity index (χ1n) is 8.21. The molecule has 7 nitrogen and oxygen atoms in total. The summed E-state index contributed by atoms with van der Waals surface area (Å²) in [4.78, 5) is 4.61. The first kappa shape index (κ1) is 15.4. The van der Waals surface area contributed by atoms with Gasteiger partial charge in [0.25, 0.3) is 0 Å². The maximum absolute atomic E-state index is 5.53. The van der Waals surface area contributed by atoms with Gasteiger partial charge in [-0.05, 0) is 52.6 Å². The molecule has 1 aliphatic rings. The molecule has 1 fully saturated rings. The van der Waals surface area contributed by atoms with E-state index >= 15 is 0 Å². The quantitative estimate of drug-likeness (QED) is 0.511. The van der Waals surface area contributed by atoms with E-state index in [4.69, 9.17) is 4.52 Å². The van der Waals surface area contributed by atoms with Crippen LogP contribution in [0, 0.1) is 0 Å². The average molecular weight is 409 g/mol. The standard InChI is InChI=1S/C18H13BrN6O/c19-13-6-4-11(5-7-13)15-9-16(15)18-21-17(22-26-18)12-2-1-3-14(8-12)25-10-20-23-24-25/h1-8,10,15-16H,9H2/t15-,16+/m0/s1. The SMILES string of the molecule is Brc1ccc([C@@H]2C[C@H]2c2nc(-c3cccc(-n4cnnn4)c3)no2)cc1. The number of benzene rings is 2. The smallest absolute Gasteiger partial charge is 0.230 e. The molecule has 0 saturated heterocycles. The lowest BCUT2D eigenvalue weighted by atomic mass is 10.1. The first-order chi connectivity index (χ1) is 12.8. The molecule has 1 aliphatic carbocycles. The Labute approximate surface area is 157 Å². The number of hydrogen-bond donors (Lipinski definition) is 0. The van der Waals surface area contributed by atoms with Crippen molar-refractivity contribution in [2.24, 2.45) is 0 Å². The topological polar surface area (TPSA) is 82.5 Å². The molecule has 2 aromatic heterocycles. The Balaban J connectivity index is 1.38.